The van der Waals surface area contributed by atoms with Crippen molar-refractivity contribution in [3.8, 4) is 0 Å². The fourth-order valence-electron chi connectivity index (χ4n) is 0.990. The fraction of sp³-hybridized carbons (Fsp3) is 0.556. The zero-order chi connectivity index (χ0) is 10.6. The molecule has 5 heteroatoms. The van der Waals surface area contributed by atoms with Crippen LogP contribution in [0.2, 0.25) is 0 Å². The van der Waals surface area contributed by atoms with E-state index in [1.54, 1.807) is 6.20 Å². The average Bonchev–Trinajstić information content (AvgIpc) is 2.18. The number of aliphatic hydroxyl groups excluding tert-OH is 1. The second-order valence-electron chi connectivity index (χ2n) is 3.53. The van der Waals surface area contributed by atoms with Gasteiger partial charge in [-0.15, -0.1) is 0 Å². The molecule has 1 aromatic heterocycles. The summed E-state index contributed by atoms with van der Waals surface area (Å²) in [6.45, 7) is 3.95. The third-order valence-electron chi connectivity index (χ3n) is 2.21. The van der Waals surface area contributed by atoms with E-state index in [4.69, 9.17) is 5.73 Å². The Kier molecular flexibility index (Phi) is 3.24. The van der Waals surface area contributed by atoms with Gasteiger partial charge in [-0.25, -0.2) is 4.98 Å². The van der Waals surface area contributed by atoms with Crippen molar-refractivity contribution in [3.63, 3.8) is 0 Å². The minimum Gasteiger partial charge on any atom is -0.394 e. The highest BCUT2D eigenvalue weighted by Crippen LogP contribution is 2.15. The van der Waals surface area contributed by atoms with Crippen molar-refractivity contribution in [2.45, 2.75) is 25.8 Å². The molecule has 0 spiro atoms. The number of nitrogen functional groups attached to an aromatic ring is 1. The smallest absolute Gasteiger partial charge is 0.147 e. The number of nitrogens with two attached hydrogens (primary N) is 1. The fourth-order valence-corrected chi connectivity index (χ4v) is 0.990. The zero-order valence-corrected chi connectivity index (χ0v) is 8.49. The Morgan fingerprint density at radius 3 is 2.79 bits per heavy atom. The molecule has 14 heavy (non-hydrogen) atoms. The van der Waals surface area contributed by atoms with Crippen molar-refractivity contribution >= 4 is 11.6 Å². The van der Waals surface area contributed by atoms with Crippen LogP contribution in [0.15, 0.2) is 12.4 Å². The lowest BCUT2D eigenvalue weighted by Gasteiger charge is -2.27. The van der Waals surface area contributed by atoms with Crippen molar-refractivity contribution in [1.29, 1.82) is 0 Å². The van der Waals surface area contributed by atoms with Crippen LogP contribution in [0, 0.1) is 0 Å². The molecule has 0 bridgehead atoms. The predicted octanol–water partition coefficient (Wildman–Crippen LogP) is 0.632. The van der Waals surface area contributed by atoms with Crippen LogP contribution >= 0.6 is 0 Å². The number of aromatic nitrogens is 2. The first-order valence-corrected chi connectivity index (χ1v) is 4.56. The largest absolute Gasteiger partial charge is 0.394 e. The van der Waals surface area contributed by atoms with Gasteiger partial charge in [0.15, 0.2) is 0 Å². The Morgan fingerprint density at radius 1 is 1.57 bits per heavy atom. The van der Waals surface area contributed by atoms with E-state index < -0.39 is 0 Å². The normalized spacial score (nSPS) is 14.8. The van der Waals surface area contributed by atoms with Gasteiger partial charge in [0.05, 0.1) is 24.5 Å². The van der Waals surface area contributed by atoms with Gasteiger partial charge in [-0.3, -0.25) is 4.98 Å². The standard InChI is InChI=1S/C9H16N4O/c1-3-9(2,6-14)13-8-5-11-4-7(10)12-8/h4-5,14H,3,6H2,1-2H3,(H3,10,12,13). The summed E-state index contributed by atoms with van der Waals surface area (Å²) in [6.07, 6.45) is 3.85. The minimum atomic E-state index is -0.373. The molecule has 1 rings (SSSR count). The minimum absolute atomic E-state index is 0.0416. The number of hydrogen-bond acceptors (Lipinski definition) is 5. The van der Waals surface area contributed by atoms with Gasteiger partial charge in [0.25, 0.3) is 0 Å². The molecule has 0 aromatic carbocycles. The number of nitrogens with one attached hydrogen (secondary N) is 1. The summed E-state index contributed by atoms with van der Waals surface area (Å²) in [5, 5.41) is 12.3. The Hall–Kier alpha value is -1.36. The molecule has 0 aliphatic rings. The molecule has 1 atom stereocenters. The van der Waals surface area contributed by atoms with Crippen LogP contribution in [0.4, 0.5) is 11.6 Å². The molecule has 1 unspecified atom stereocenters. The highest BCUT2D eigenvalue weighted by Gasteiger charge is 2.20. The van der Waals surface area contributed by atoms with Crippen molar-refractivity contribution in [1.82, 2.24) is 9.97 Å². The topological polar surface area (TPSA) is 84.1 Å². The summed E-state index contributed by atoms with van der Waals surface area (Å²) < 4.78 is 0. The molecule has 78 valence electrons. The lowest BCUT2D eigenvalue weighted by Crippen LogP contribution is -2.38. The van der Waals surface area contributed by atoms with Crippen molar-refractivity contribution < 1.29 is 5.11 Å². The van der Waals surface area contributed by atoms with E-state index in [0.29, 0.717) is 11.6 Å². The summed E-state index contributed by atoms with van der Waals surface area (Å²) in [6, 6.07) is 0. The Morgan fingerprint density at radius 2 is 2.29 bits per heavy atom. The molecule has 0 saturated carbocycles. The highest BCUT2D eigenvalue weighted by atomic mass is 16.3. The quantitative estimate of drug-likeness (QED) is 0.657. The number of aliphatic hydroxyl groups is 1. The van der Waals surface area contributed by atoms with Gasteiger partial charge in [0.1, 0.15) is 11.6 Å². The van der Waals surface area contributed by atoms with Crippen molar-refractivity contribution in [3.05, 3.63) is 12.4 Å². The highest BCUT2D eigenvalue weighted by molar-refractivity contribution is 5.40. The monoisotopic (exact) mass is 196 g/mol. The van der Waals surface area contributed by atoms with Crippen LogP contribution < -0.4 is 11.1 Å². The van der Waals surface area contributed by atoms with Gasteiger partial charge < -0.3 is 16.2 Å². The van der Waals surface area contributed by atoms with Crippen molar-refractivity contribution in [2.24, 2.45) is 0 Å². The van der Waals surface area contributed by atoms with Crippen LogP contribution in [-0.2, 0) is 0 Å². The van der Waals surface area contributed by atoms with Gasteiger partial charge in [-0.05, 0) is 13.3 Å². The van der Waals surface area contributed by atoms with E-state index in [9.17, 15) is 5.11 Å². The van der Waals surface area contributed by atoms with Gasteiger partial charge in [-0.2, -0.15) is 0 Å². The van der Waals surface area contributed by atoms with E-state index >= 15 is 0 Å². The molecule has 1 aromatic rings. The average molecular weight is 196 g/mol. The van der Waals surface area contributed by atoms with Crippen LogP contribution in [-0.4, -0.2) is 27.2 Å². The molecular weight excluding hydrogens is 180 g/mol. The molecular formula is C9H16N4O. The van der Waals surface area contributed by atoms with Gasteiger partial charge in [0, 0.05) is 0 Å². The molecule has 0 saturated heterocycles. The second kappa shape index (κ2) is 4.23. The molecule has 0 aliphatic carbocycles. The third kappa shape index (κ3) is 2.56. The molecule has 4 N–H and O–H groups in total. The first kappa shape index (κ1) is 10.7. The number of anilines is 2. The van der Waals surface area contributed by atoms with Gasteiger partial charge in [-0.1, -0.05) is 6.92 Å². The van der Waals surface area contributed by atoms with E-state index in [2.05, 4.69) is 15.3 Å². The number of nitrogens with zero attached hydrogens (tertiary/aromatic N) is 2. The first-order valence-electron chi connectivity index (χ1n) is 4.56. The maximum Gasteiger partial charge on any atom is 0.147 e. The summed E-state index contributed by atoms with van der Waals surface area (Å²) in [4.78, 5) is 7.95. The van der Waals surface area contributed by atoms with Crippen LogP contribution in [0.5, 0.6) is 0 Å². The summed E-state index contributed by atoms with van der Waals surface area (Å²) in [7, 11) is 0. The van der Waals surface area contributed by atoms with E-state index in [1.807, 2.05) is 13.8 Å². The molecule has 0 fully saturated rings. The van der Waals surface area contributed by atoms with Crippen LogP contribution in [0.25, 0.3) is 0 Å². The predicted molar refractivity (Wildman–Crippen MR) is 55.8 cm³/mol. The molecule has 5 nitrogen and oxygen atoms in total. The number of hydrogen-bond donors (Lipinski definition) is 3. The van der Waals surface area contributed by atoms with Crippen molar-refractivity contribution in [2.75, 3.05) is 17.7 Å². The lowest BCUT2D eigenvalue weighted by molar-refractivity contribution is 0.218. The summed E-state index contributed by atoms with van der Waals surface area (Å²) in [5.41, 5.74) is 5.11. The summed E-state index contributed by atoms with van der Waals surface area (Å²) >= 11 is 0. The zero-order valence-electron chi connectivity index (χ0n) is 8.49. The summed E-state index contributed by atoms with van der Waals surface area (Å²) in [5.74, 6) is 0.954. The molecule has 0 aliphatic heterocycles. The van der Waals surface area contributed by atoms with E-state index in [1.165, 1.54) is 6.20 Å². The maximum atomic E-state index is 9.17. The van der Waals surface area contributed by atoms with Gasteiger partial charge >= 0.3 is 0 Å². The third-order valence-corrected chi connectivity index (χ3v) is 2.21. The Bertz CT molecular complexity index is 299. The lowest BCUT2D eigenvalue weighted by atomic mass is 10.0. The van der Waals surface area contributed by atoms with Crippen LogP contribution in [0.1, 0.15) is 20.3 Å². The van der Waals surface area contributed by atoms with Crippen LogP contribution in [0.3, 0.4) is 0 Å². The molecule has 0 radical (unpaired) electrons. The Labute approximate surface area is 83.4 Å². The SMILES string of the molecule is CCC(C)(CO)Nc1cncc(N)n1. The molecule has 0 amide bonds. The second-order valence-corrected chi connectivity index (χ2v) is 3.53. The Balaban J connectivity index is 2.77. The maximum absolute atomic E-state index is 9.17. The molecule has 1 heterocycles. The van der Waals surface area contributed by atoms with E-state index in [0.717, 1.165) is 6.42 Å². The first-order chi connectivity index (χ1) is 6.59. The number of rotatable bonds is 4. The van der Waals surface area contributed by atoms with Gasteiger partial charge in [0.2, 0.25) is 0 Å². The van der Waals surface area contributed by atoms with E-state index in [-0.39, 0.29) is 12.1 Å².